The van der Waals surface area contributed by atoms with E-state index in [1.165, 1.54) is 121 Å². The van der Waals surface area contributed by atoms with E-state index in [9.17, 15) is 20.3 Å². The number of aliphatic hydroxyl groups excluding tert-OH is 2. The van der Waals surface area contributed by atoms with E-state index in [1.54, 1.807) is 12.1 Å². The third-order valence-electron chi connectivity index (χ3n) is 7.73. The SMILES string of the molecule is CCCCCCCCCCCCCCCCCC(C)(C)NCCNc1ccc(N(C(C)O)C(C)O)cc1[N+](=O)[O-].I. The molecule has 9 heteroatoms. The molecule has 0 radical (unpaired) electrons. The summed E-state index contributed by atoms with van der Waals surface area (Å²) in [6.45, 7) is 11.0. The first kappa shape index (κ1) is 39.8. The molecule has 0 heterocycles. The summed E-state index contributed by atoms with van der Waals surface area (Å²) in [5.41, 5.74) is 0.751. The zero-order valence-electron chi connectivity index (χ0n) is 26.6. The molecule has 0 bridgehead atoms. The van der Waals surface area contributed by atoms with Crippen LogP contribution in [0.5, 0.6) is 0 Å². The van der Waals surface area contributed by atoms with E-state index in [4.69, 9.17) is 0 Å². The molecular weight excluding hydrogens is 631 g/mol. The van der Waals surface area contributed by atoms with Crippen LogP contribution in [-0.2, 0) is 0 Å². The monoisotopic (exact) mass is 692 g/mol. The first-order valence-corrected chi connectivity index (χ1v) is 16.0. The highest BCUT2D eigenvalue weighted by atomic mass is 127. The van der Waals surface area contributed by atoms with Gasteiger partial charge >= 0.3 is 0 Å². The Morgan fingerprint density at radius 2 is 1.29 bits per heavy atom. The molecule has 2 unspecified atom stereocenters. The molecule has 0 spiro atoms. The van der Waals surface area contributed by atoms with Gasteiger partial charge in [-0.25, -0.2) is 0 Å². The van der Waals surface area contributed by atoms with Crippen molar-refractivity contribution in [3.05, 3.63) is 28.3 Å². The number of anilines is 2. The van der Waals surface area contributed by atoms with Crippen molar-refractivity contribution >= 4 is 41.0 Å². The fourth-order valence-electron chi connectivity index (χ4n) is 5.35. The van der Waals surface area contributed by atoms with Gasteiger partial charge in [-0.1, -0.05) is 103 Å². The largest absolute Gasteiger partial charge is 0.378 e. The number of nitro benzene ring substituents is 1. The predicted octanol–water partition coefficient (Wildman–Crippen LogP) is 8.74. The summed E-state index contributed by atoms with van der Waals surface area (Å²) in [6.07, 6.45) is 19.7. The van der Waals surface area contributed by atoms with Crippen LogP contribution in [0.1, 0.15) is 137 Å². The summed E-state index contributed by atoms with van der Waals surface area (Å²) in [5.74, 6) is 0. The number of halogens is 1. The average molecular weight is 693 g/mol. The Morgan fingerprint density at radius 3 is 1.73 bits per heavy atom. The molecule has 2 atom stereocenters. The smallest absolute Gasteiger partial charge is 0.294 e. The highest BCUT2D eigenvalue weighted by Gasteiger charge is 2.22. The fourth-order valence-corrected chi connectivity index (χ4v) is 5.35. The lowest BCUT2D eigenvalue weighted by Crippen LogP contribution is -2.41. The quantitative estimate of drug-likeness (QED) is 0.0267. The summed E-state index contributed by atoms with van der Waals surface area (Å²) in [4.78, 5) is 12.5. The molecule has 41 heavy (non-hydrogen) atoms. The van der Waals surface area contributed by atoms with Gasteiger partial charge in [0.1, 0.15) is 18.1 Å². The number of nitrogens with zero attached hydrogens (tertiary/aromatic N) is 2. The Bertz CT molecular complexity index is 800. The number of hydrogen-bond acceptors (Lipinski definition) is 7. The summed E-state index contributed by atoms with van der Waals surface area (Å²) in [6, 6.07) is 4.68. The standard InChI is InChI=1S/C32H60N4O4.HI/c1-6-7-8-9-10-11-12-13-14-15-16-17-18-19-20-23-32(4,5)34-25-24-33-30-22-21-29(26-31(30)36(39)40)35(27(2)37)28(3)38;/h21-22,26-28,33-34,37-38H,6-20,23-25H2,1-5H3;1H. The van der Waals surface area contributed by atoms with Crippen LogP contribution in [-0.4, -0.2) is 46.2 Å². The van der Waals surface area contributed by atoms with Gasteiger partial charge in [0.15, 0.2) is 0 Å². The maximum Gasteiger partial charge on any atom is 0.294 e. The third-order valence-corrected chi connectivity index (χ3v) is 7.73. The lowest BCUT2D eigenvalue weighted by molar-refractivity contribution is -0.383. The van der Waals surface area contributed by atoms with Crippen LogP contribution in [0.2, 0.25) is 0 Å². The minimum Gasteiger partial charge on any atom is -0.378 e. The lowest BCUT2D eigenvalue weighted by atomic mass is 9.96. The van der Waals surface area contributed by atoms with E-state index in [0.29, 0.717) is 24.5 Å². The molecule has 0 aliphatic heterocycles. The van der Waals surface area contributed by atoms with Crippen LogP contribution < -0.4 is 15.5 Å². The van der Waals surface area contributed by atoms with E-state index < -0.39 is 17.4 Å². The molecule has 240 valence electrons. The van der Waals surface area contributed by atoms with E-state index in [-0.39, 0.29) is 35.2 Å². The van der Waals surface area contributed by atoms with Gasteiger partial charge in [-0.05, 0) is 46.2 Å². The molecule has 0 aliphatic rings. The number of unbranched alkanes of at least 4 members (excludes halogenated alkanes) is 14. The van der Waals surface area contributed by atoms with Crippen molar-refractivity contribution in [3.63, 3.8) is 0 Å². The summed E-state index contributed by atoms with van der Waals surface area (Å²) < 4.78 is 0. The Morgan fingerprint density at radius 1 is 0.829 bits per heavy atom. The Kier molecular flexibility index (Phi) is 22.6. The van der Waals surface area contributed by atoms with Crippen LogP contribution in [0.25, 0.3) is 0 Å². The number of hydrogen-bond donors (Lipinski definition) is 4. The van der Waals surface area contributed by atoms with Gasteiger partial charge in [-0.3, -0.25) is 10.1 Å². The Balaban J connectivity index is 0.0000160. The number of aliphatic hydroxyl groups is 2. The molecule has 0 fully saturated rings. The molecule has 4 N–H and O–H groups in total. The molecule has 0 saturated heterocycles. The van der Waals surface area contributed by atoms with Crippen molar-refractivity contribution in [3.8, 4) is 0 Å². The van der Waals surface area contributed by atoms with Gasteiger partial charge in [0, 0.05) is 30.4 Å². The van der Waals surface area contributed by atoms with Crippen LogP contribution in [0.15, 0.2) is 18.2 Å². The molecule has 0 amide bonds. The lowest BCUT2D eigenvalue weighted by Gasteiger charge is -2.30. The van der Waals surface area contributed by atoms with Crippen molar-refractivity contribution < 1.29 is 15.1 Å². The van der Waals surface area contributed by atoms with E-state index in [1.807, 2.05) is 0 Å². The van der Waals surface area contributed by atoms with Gasteiger partial charge in [-0.15, -0.1) is 24.0 Å². The van der Waals surface area contributed by atoms with Crippen molar-refractivity contribution in [1.82, 2.24) is 5.32 Å². The number of benzene rings is 1. The van der Waals surface area contributed by atoms with Crippen molar-refractivity contribution in [2.45, 2.75) is 155 Å². The summed E-state index contributed by atoms with van der Waals surface area (Å²) in [5, 5.41) is 38.3. The molecule has 1 rings (SSSR count). The second-order valence-corrected chi connectivity index (χ2v) is 12.1. The molecule has 1 aromatic carbocycles. The van der Waals surface area contributed by atoms with Crippen LogP contribution in [0.4, 0.5) is 17.1 Å². The van der Waals surface area contributed by atoms with E-state index >= 15 is 0 Å². The van der Waals surface area contributed by atoms with Crippen molar-refractivity contribution in [2.75, 3.05) is 23.3 Å². The van der Waals surface area contributed by atoms with Crippen LogP contribution in [0, 0.1) is 10.1 Å². The highest BCUT2D eigenvalue weighted by Crippen LogP contribution is 2.31. The summed E-state index contributed by atoms with van der Waals surface area (Å²) >= 11 is 0. The third kappa shape index (κ3) is 18.2. The minimum atomic E-state index is -0.977. The topological polar surface area (TPSA) is 111 Å². The molecule has 0 aliphatic carbocycles. The summed E-state index contributed by atoms with van der Waals surface area (Å²) in [7, 11) is 0. The predicted molar refractivity (Wildman–Crippen MR) is 184 cm³/mol. The maximum absolute atomic E-state index is 11.7. The number of rotatable bonds is 25. The van der Waals surface area contributed by atoms with Gasteiger partial charge in [0.25, 0.3) is 5.69 Å². The van der Waals surface area contributed by atoms with E-state index in [0.717, 1.165) is 6.42 Å². The van der Waals surface area contributed by atoms with Gasteiger partial charge in [0.05, 0.1) is 4.92 Å². The molecule has 0 saturated carbocycles. The second-order valence-electron chi connectivity index (χ2n) is 12.1. The minimum absolute atomic E-state index is 0. The molecular formula is C32H61IN4O4. The van der Waals surface area contributed by atoms with Gasteiger partial charge in [-0.2, -0.15) is 0 Å². The molecule has 1 aromatic rings. The Labute approximate surface area is 267 Å². The average Bonchev–Trinajstić information content (AvgIpc) is 2.89. The number of nitrogens with one attached hydrogen (secondary N) is 2. The first-order valence-electron chi connectivity index (χ1n) is 16.0. The first-order chi connectivity index (χ1) is 19.1. The normalized spacial score (nSPS) is 13.0. The highest BCUT2D eigenvalue weighted by molar-refractivity contribution is 14.0. The van der Waals surface area contributed by atoms with E-state index in [2.05, 4.69) is 31.4 Å². The zero-order chi connectivity index (χ0) is 29.8. The van der Waals surface area contributed by atoms with Crippen molar-refractivity contribution in [1.29, 1.82) is 0 Å². The molecule has 8 nitrogen and oxygen atoms in total. The second kappa shape index (κ2) is 23.3. The maximum atomic E-state index is 11.7. The molecule has 0 aromatic heterocycles. The number of nitro groups is 1. The van der Waals surface area contributed by atoms with Crippen LogP contribution in [0.3, 0.4) is 0 Å². The Hall–Kier alpha value is -1.17. The zero-order valence-corrected chi connectivity index (χ0v) is 29.0. The van der Waals surface area contributed by atoms with Gasteiger partial charge < -0.3 is 25.7 Å². The van der Waals surface area contributed by atoms with Crippen molar-refractivity contribution in [2.24, 2.45) is 0 Å². The fraction of sp³-hybridized carbons (Fsp3) is 0.812. The van der Waals surface area contributed by atoms with Crippen LogP contribution >= 0.6 is 24.0 Å². The van der Waals surface area contributed by atoms with Gasteiger partial charge in [0.2, 0.25) is 0 Å².